The van der Waals surface area contributed by atoms with E-state index in [1.165, 1.54) is 0 Å². The molecule has 1 aromatic heterocycles. The Balaban J connectivity index is 2.13. The van der Waals surface area contributed by atoms with Crippen molar-refractivity contribution in [1.82, 2.24) is 15.3 Å². The number of nitrogens with two attached hydrogens (primary N) is 1. The van der Waals surface area contributed by atoms with Gasteiger partial charge in [0.1, 0.15) is 0 Å². The van der Waals surface area contributed by atoms with Crippen molar-refractivity contribution in [2.75, 3.05) is 6.54 Å². The normalized spacial score (nSPS) is 13.6. The molecule has 1 atom stereocenters. The highest BCUT2D eigenvalue weighted by Crippen LogP contribution is 2.19. The van der Waals surface area contributed by atoms with Crippen LogP contribution in [0.15, 0.2) is 23.0 Å². The fraction of sp³-hybridized carbons (Fsp3) is 0.429. The number of carbonyl (C=O) groups is 1. The molecule has 1 amide bonds. The third-order valence-electron chi connectivity index (χ3n) is 3.56. The lowest BCUT2D eigenvalue weighted by molar-refractivity contribution is -0.125. The minimum absolute atomic E-state index is 0.0522. The molecular weight excluding hydrogens is 256 g/mol. The maximum Gasteiger partial charge on any atom is 0.323 e. The van der Waals surface area contributed by atoms with Crippen LogP contribution in [0.1, 0.15) is 32.4 Å². The number of benzene rings is 1. The van der Waals surface area contributed by atoms with E-state index >= 15 is 0 Å². The molecule has 0 radical (unpaired) electrons. The number of imidazole rings is 1. The van der Waals surface area contributed by atoms with Gasteiger partial charge in [0, 0.05) is 12.6 Å². The van der Waals surface area contributed by atoms with Crippen molar-refractivity contribution in [3.8, 4) is 0 Å². The average Bonchev–Trinajstić information content (AvgIpc) is 2.74. The molecule has 0 aliphatic heterocycles. The van der Waals surface area contributed by atoms with E-state index in [9.17, 15) is 9.59 Å². The number of hydrogen-bond acceptors (Lipinski definition) is 3. The number of aromatic amines is 2. The van der Waals surface area contributed by atoms with Gasteiger partial charge in [0.25, 0.3) is 0 Å². The summed E-state index contributed by atoms with van der Waals surface area (Å²) in [6.07, 6.45) is 0. The highest BCUT2D eigenvalue weighted by atomic mass is 16.1. The zero-order chi connectivity index (χ0) is 14.9. The van der Waals surface area contributed by atoms with Crippen LogP contribution < -0.4 is 16.7 Å². The Hall–Kier alpha value is -2.08. The first-order valence-corrected chi connectivity index (χ1v) is 6.55. The lowest BCUT2D eigenvalue weighted by Gasteiger charge is -2.24. The van der Waals surface area contributed by atoms with Crippen molar-refractivity contribution >= 4 is 16.9 Å². The Morgan fingerprint density at radius 1 is 1.35 bits per heavy atom. The Bertz CT molecular complexity index is 684. The minimum atomic E-state index is -0.596. The molecule has 1 unspecified atom stereocenters. The van der Waals surface area contributed by atoms with Crippen molar-refractivity contribution in [3.63, 3.8) is 0 Å². The second-order valence-electron chi connectivity index (χ2n) is 5.73. The molecule has 2 aromatic rings. The van der Waals surface area contributed by atoms with Gasteiger partial charge in [0.05, 0.1) is 16.4 Å². The van der Waals surface area contributed by atoms with Gasteiger partial charge >= 0.3 is 5.69 Å². The number of hydrogen-bond donors (Lipinski definition) is 4. The molecule has 2 rings (SSSR count). The first-order chi connectivity index (χ1) is 9.29. The zero-order valence-electron chi connectivity index (χ0n) is 11.9. The number of fused-ring (bicyclic) bond motifs is 1. The summed E-state index contributed by atoms with van der Waals surface area (Å²) in [7, 11) is 0. The largest absolute Gasteiger partial charge is 0.369 e. The molecule has 0 aliphatic rings. The van der Waals surface area contributed by atoms with Crippen LogP contribution in [0, 0.1) is 5.41 Å². The van der Waals surface area contributed by atoms with E-state index in [2.05, 4.69) is 15.3 Å². The van der Waals surface area contributed by atoms with Gasteiger partial charge < -0.3 is 21.0 Å². The summed E-state index contributed by atoms with van der Waals surface area (Å²) in [4.78, 5) is 27.9. The third kappa shape index (κ3) is 2.91. The molecule has 0 saturated heterocycles. The SMILES string of the molecule is CC(NCC(C)(C)C(N)=O)c1ccc2[nH]c(=O)[nH]c2c1. The van der Waals surface area contributed by atoms with Gasteiger partial charge in [-0.3, -0.25) is 4.79 Å². The second kappa shape index (κ2) is 5.13. The van der Waals surface area contributed by atoms with Gasteiger partial charge in [-0.2, -0.15) is 0 Å². The van der Waals surface area contributed by atoms with Crippen molar-refractivity contribution < 1.29 is 4.79 Å². The first-order valence-electron chi connectivity index (χ1n) is 6.55. The third-order valence-corrected chi connectivity index (χ3v) is 3.56. The van der Waals surface area contributed by atoms with E-state index in [-0.39, 0.29) is 17.6 Å². The van der Waals surface area contributed by atoms with Gasteiger partial charge in [-0.15, -0.1) is 0 Å². The maximum atomic E-state index is 11.3. The van der Waals surface area contributed by atoms with Gasteiger partial charge in [0.2, 0.25) is 5.91 Å². The van der Waals surface area contributed by atoms with E-state index in [1.54, 1.807) is 0 Å². The molecule has 5 N–H and O–H groups in total. The van der Waals surface area contributed by atoms with Crippen LogP contribution in [0.5, 0.6) is 0 Å². The predicted molar refractivity (Wildman–Crippen MR) is 78.3 cm³/mol. The van der Waals surface area contributed by atoms with E-state index in [4.69, 9.17) is 5.73 Å². The lowest BCUT2D eigenvalue weighted by Crippen LogP contribution is -2.41. The van der Waals surface area contributed by atoms with Crippen molar-refractivity contribution in [1.29, 1.82) is 0 Å². The summed E-state index contributed by atoms with van der Waals surface area (Å²) in [5, 5.41) is 3.29. The molecule has 6 heteroatoms. The van der Waals surface area contributed by atoms with Crippen LogP contribution in [-0.4, -0.2) is 22.4 Å². The first kappa shape index (κ1) is 14.3. The number of carbonyl (C=O) groups excluding carboxylic acids is 1. The second-order valence-corrected chi connectivity index (χ2v) is 5.73. The summed E-state index contributed by atoms with van der Waals surface area (Å²) in [6.45, 7) is 6.11. The number of nitrogens with one attached hydrogen (secondary N) is 3. The van der Waals surface area contributed by atoms with E-state index in [0.29, 0.717) is 6.54 Å². The van der Waals surface area contributed by atoms with Gasteiger partial charge in [-0.1, -0.05) is 6.07 Å². The lowest BCUT2D eigenvalue weighted by atomic mass is 9.92. The number of primary amides is 1. The molecule has 0 saturated carbocycles. The molecular formula is C14H20N4O2. The van der Waals surface area contributed by atoms with Crippen LogP contribution >= 0.6 is 0 Å². The van der Waals surface area contributed by atoms with Crippen LogP contribution in [0.2, 0.25) is 0 Å². The highest BCUT2D eigenvalue weighted by molar-refractivity contribution is 5.80. The summed E-state index contributed by atoms with van der Waals surface area (Å²) in [5.74, 6) is -0.331. The number of rotatable bonds is 5. The predicted octanol–water partition coefficient (Wildman–Crippen LogP) is 1.02. The monoisotopic (exact) mass is 276 g/mol. The minimum Gasteiger partial charge on any atom is -0.369 e. The van der Waals surface area contributed by atoms with Crippen LogP contribution in [0.4, 0.5) is 0 Å². The van der Waals surface area contributed by atoms with Gasteiger partial charge in [-0.25, -0.2) is 4.79 Å². The highest BCUT2D eigenvalue weighted by Gasteiger charge is 2.25. The van der Waals surface area contributed by atoms with Crippen molar-refractivity contribution in [2.45, 2.75) is 26.8 Å². The molecule has 20 heavy (non-hydrogen) atoms. The quantitative estimate of drug-likeness (QED) is 0.655. The summed E-state index contributed by atoms with van der Waals surface area (Å²) >= 11 is 0. The van der Waals surface area contributed by atoms with Crippen LogP contribution in [-0.2, 0) is 4.79 Å². The Morgan fingerprint density at radius 2 is 2.00 bits per heavy atom. The smallest absolute Gasteiger partial charge is 0.323 e. The molecule has 6 nitrogen and oxygen atoms in total. The Kier molecular flexibility index (Phi) is 3.67. The van der Waals surface area contributed by atoms with E-state index in [0.717, 1.165) is 16.6 Å². The van der Waals surface area contributed by atoms with E-state index < -0.39 is 5.41 Å². The van der Waals surface area contributed by atoms with E-state index in [1.807, 2.05) is 39.0 Å². The molecule has 108 valence electrons. The molecule has 0 spiro atoms. The molecule has 1 heterocycles. The fourth-order valence-corrected chi connectivity index (χ4v) is 1.93. The van der Waals surface area contributed by atoms with Crippen LogP contribution in [0.3, 0.4) is 0 Å². The Labute approximate surface area is 116 Å². The molecule has 0 fully saturated rings. The average molecular weight is 276 g/mol. The maximum absolute atomic E-state index is 11.3. The molecule has 0 aliphatic carbocycles. The van der Waals surface area contributed by atoms with Crippen molar-refractivity contribution in [3.05, 3.63) is 34.2 Å². The fourth-order valence-electron chi connectivity index (χ4n) is 1.93. The van der Waals surface area contributed by atoms with Crippen molar-refractivity contribution in [2.24, 2.45) is 11.1 Å². The standard InChI is InChI=1S/C14H20N4O2/c1-8(16-7-14(2,3)12(15)19)9-4-5-10-11(6-9)18-13(20)17-10/h4-6,8,16H,7H2,1-3H3,(H2,15,19)(H2,17,18,20). The van der Waals surface area contributed by atoms with Gasteiger partial charge in [-0.05, 0) is 38.5 Å². The molecule has 0 bridgehead atoms. The summed E-state index contributed by atoms with van der Waals surface area (Å²) in [5.41, 5.74) is 7.13. The van der Waals surface area contributed by atoms with Crippen LogP contribution in [0.25, 0.3) is 11.0 Å². The number of amides is 1. The zero-order valence-corrected chi connectivity index (χ0v) is 11.9. The summed E-state index contributed by atoms with van der Waals surface area (Å²) < 4.78 is 0. The van der Waals surface area contributed by atoms with Gasteiger partial charge in [0.15, 0.2) is 0 Å². The summed E-state index contributed by atoms with van der Waals surface area (Å²) in [6, 6.07) is 5.78. The number of aromatic nitrogens is 2. The Morgan fingerprint density at radius 3 is 2.65 bits per heavy atom. The topological polar surface area (TPSA) is 104 Å². The molecule has 1 aromatic carbocycles. The number of H-pyrrole nitrogens is 2.